The van der Waals surface area contributed by atoms with Crippen LogP contribution in [0.2, 0.25) is 0 Å². The van der Waals surface area contributed by atoms with Gasteiger partial charge in [0.15, 0.2) is 0 Å². The summed E-state index contributed by atoms with van der Waals surface area (Å²) in [5.41, 5.74) is 5.19. The van der Waals surface area contributed by atoms with Gasteiger partial charge in [-0.2, -0.15) is 0 Å². The van der Waals surface area contributed by atoms with Crippen LogP contribution in [0, 0.1) is 0 Å². The Morgan fingerprint density at radius 2 is 2.07 bits per heavy atom. The number of rotatable bonds is 4. The van der Waals surface area contributed by atoms with Gasteiger partial charge in [0.2, 0.25) is 5.91 Å². The van der Waals surface area contributed by atoms with E-state index in [0.717, 1.165) is 0 Å². The normalized spacial score (nSPS) is 14.2. The molecule has 3 amide bonds. The molecule has 0 aromatic rings. The summed E-state index contributed by atoms with van der Waals surface area (Å²) in [4.78, 5) is 22.0. The SMILES string of the molecule is CNC(=O)NC(=O)C(C)S(=O)CCN. The summed E-state index contributed by atoms with van der Waals surface area (Å²) in [6.45, 7) is 1.74. The van der Waals surface area contributed by atoms with Crippen molar-refractivity contribution in [1.29, 1.82) is 0 Å². The zero-order chi connectivity index (χ0) is 11.1. The van der Waals surface area contributed by atoms with E-state index in [1.165, 1.54) is 14.0 Å². The van der Waals surface area contributed by atoms with Crippen molar-refractivity contribution in [3.63, 3.8) is 0 Å². The highest BCUT2D eigenvalue weighted by Crippen LogP contribution is 1.95. The van der Waals surface area contributed by atoms with Crippen LogP contribution in [0.4, 0.5) is 4.79 Å². The fraction of sp³-hybridized carbons (Fsp3) is 0.714. The average Bonchev–Trinajstić information content (AvgIpc) is 2.16. The summed E-state index contributed by atoms with van der Waals surface area (Å²) < 4.78 is 11.3. The molecule has 82 valence electrons. The number of nitrogens with two attached hydrogens (primary N) is 1. The predicted molar refractivity (Wildman–Crippen MR) is 54.1 cm³/mol. The van der Waals surface area contributed by atoms with Crippen molar-refractivity contribution >= 4 is 22.7 Å². The maximum Gasteiger partial charge on any atom is 0.321 e. The molecule has 0 aromatic carbocycles. The maximum absolute atomic E-state index is 11.3. The molecule has 0 aromatic heterocycles. The molecule has 0 rings (SSSR count). The minimum absolute atomic E-state index is 0.252. The van der Waals surface area contributed by atoms with Crippen molar-refractivity contribution in [2.24, 2.45) is 5.73 Å². The molecule has 0 aliphatic heterocycles. The maximum atomic E-state index is 11.3. The van der Waals surface area contributed by atoms with Crippen LogP contribution in [-0.2, 0) is 15.6 Å². The van der Waals surface area contributed by atoms with Crippen molar-refractivity contribution in [1.82, 2.24) is 10.6 Å². The van der Waals surface area contributed by atoms with Gasteiger partial charge in [0.25, 0.3) is 0 Å². The van der Waals surface area contributed by atoms with E-state index < -0.39 is 28.0 Å². The first-order valence-electron chi connectivity index (χ1n) is 4.12. The Balaban J connectivity index is 4.11. The molecule has 0 aliphatic carbocycles. The first-order chi connectivity index (χ1) is 6.52. The van der Waals surface area contributed by atoms with Gasteiger partial charge in [-0.1, -0.05) is 0 Å². The lowest BCUT2D eigenvalue weighted by atomic mass is 10.4. The second-order valence-corrected chi connectivity index (χ2v) is 4.46. The van der Waals surface area contributed by atoms with Crippen molar-refractivity contribution in [2.45, 2.75) is 12.2 Å². The van der Waals surface area contributed by atoms with Crippen molar-refractivity contribution in [3.05, 3.63) is 0 Å². The standard InChI is InChI=1S/C7H15N3O3S/c1-5(14(13)4-3-8)6(11)10-7(12)9-2/h5H,3-4,8H2,1-2H3,(H2,9,10,11,12). The molecule has 2 atom stereocenters. The molecule has 0 spiro atoms. The second-order valence-electron chi connectivity index (χ2n) is 2.58. The fourth-order valence-corrected chi connectivity index (χ4v) is 1.57. The first kappa shape index (κ1) is 13.1. The van der Waals surface area contributed by atoms with Crippen LogP contribution in [0.25, 0.3) is 0 Å². The smallest absolute Gasteiger partial charge is 0.321 e. The minimum atomic E-state index is -1.33. The molecule has 14 heavy (non-hydrogen) atoms. The third kappa shape index (κ3) is 4.33. The summed E-state index contributed by atoms with van der Waals surface area (Å²) in [6.07, 6.45) is 0. The molecule has 2 unspecified atom stereocenters. The van der Waals surface area contributed by atoms with Gasteiger partial charge in [0, 0.05) is 30.1 Å². The lowest BCUT2D eigenvalue weighted by molar-refractivity contribution is -0.119. The van der Waals surface area contributed by atoms with Crippen LogP contribution < -0.4 is 16.4 Å². The summed E-state index contributed by atoms with van der Waals surface area (Å²) in [7, 11) is 0.0627. The highest BCUT2D eigenvalue weighted by atomic mass is 32.2. The lowest BCUT2D eigenvalue weighted by Gasteiger charge is -2.09. The predicted octanol–water partition coefficient (Wildman–Crippen LogP) is -1.46. The van der Waals surface area contributed by atoms with Gasteiger partial charge in [-0.05, 0) is 6.92 Å². The third-order valence-corrected chi connectivity index (χ3v) is 3.19. The van der Waals surface area contributed by atoms with Gasteiger partial charge in [0.1, 0.15) is 5.25 Å². The largest absolute Gasteiger partial charge is 0.341 e. The van der Waals surface area contributed by atoms with Crippen LogP contribution in [0.5, 0.6) is 0 Å². The number of hydrogen-bond acceptors (Lipinski definition) is 4. The van der Waals surface area contributed by atoms with E-state index in [0.29, 0.717) is 0 Å². The van der Waals surface area contributed by atoms with E-state index in [1.807, 2.05) is 5.32 Å². The summed E-state index contributed by atoms with van der Waals surface area (Å²) >= 11 is 0. The Bertz CT molecular complexity index is 244. The Morgan fingerprint density at radius 3 is 2.50 bits per heavy atom. The number of carbonyl (C=O) groups excluding carboxylic acids is 2. The third-order valence-electron chi connectivity index (χ3n) is 1.55. The summed E-state index contributed by atoms with van der Waals surface area (Å²) in [6, 6.07) is -0.605. The van der Waals surface area contributed by atoms with E-state index in [-0.39, 0.29) is 12.3 Å². The molecule has 0 fully saturated rings. The molecule has 7 heteroatoms. The monoisotopic (exact) mass is 221 g/mol. The topological polar surface area (TPSA) is 101 Å². The number of urea groups is 1. The highest BCUT2D eigenvalue weighted by molar-refractivity contribution is 7.86. The van der Waals surface area contributed by atoms with Gasteiger partial charge in [-0.15, -0.1) is 0 Å². The zero-order valence-corrected chi connectivity index (χ0v) is 9.02. The van der Waals surface area contributed by atoms with Crippen LogP contribution >= 0.6 is 0 Å². The van der Waals surface area contributed by atoms with Gasteiger partial charge >= 0.3 is 6.03 Å². The minimum Gasteiger partial charge on any atom is -0.341 e. The molecular formula is C7H15N3O3S. The van der Waals surface area contributed by atoms with Crippen molar-refractivity contribution in [3.8, 4) is 0 Å². The van der Waals surface area contributed by atoms with Gasteiger partial charge < -0.3 is 11.1 Å². The lowest BCUT2D eigenvalue weighted by Crippen LogP contribution is -2.44. The van der Waals surface area contributed by atoms with Gasteiger partial charge in [0.05, 0.1) is 0 Å². The van der Waals surface area contributed by atoms with E-state index in [1.54, 1.807) is 0 Å². The van der Waals surface area contributed by atoms with E-state index in [4.69, 9.17) is 5.73 Å². The van der Waals surface area contributed by atoms with E-state index >= 15 is 0 Å². The Morgan fingerprint density at radius 1 is 1.50 bits per heavy atom. The fourth-order valence-electron chi connectivity index (χ4n) is 0.688. The molecule has 0 saturated heterocycles. The van der Waals surface area contributed by atoms with E-state index in [2.05, 4.69) is 5.32 Å². The number of nitrogens with one attached hydrogen (secondary N) is 2. The molecule has 0 heterocycles. The Hall–Kier alpha value is -0.950. The van der Waals surface area contributed by atoms with Crippen LogP contribution in [0.15, 0.2) is 0 Å². The number of imide groups is 1. The molecule has 0 saturated carbocycles. The summed E-state index contributed by atoms with van der Waals surface area (Å²) in [5.74, 6) is -0.307. The molecule has 6 nitrogen and oxygen atoms in total. The van der Waals surface area contributed by atoms with Gasteiger partial charge in [-0.3, -0.25) is 14.3 Å². The van der Waals surface area contributed by atoms with Crippen LogP contribution in [0.3, 0.4) is 0 Å². The molecule has 0 aliphatic rings. The number of hydrogen-bond donors (Lipinski definition) is 3. The van der Waals surface area contributed by atoms with Gasteiger partial charge in [-0.25, -0.2) is 4.79 Å². The second kappa shape index (κ2) is 6.50. The van der Waals surface area contributed by atoms with Crippen LogP contribution in [-0.4, -0.2) is 40.7 Å². The first-order valence-corrected chi connectivity index (χ1v) is 5.51. The molecule has 0 radical (unpaired) electrons. The number of amides is 3. The van der Waals surface area contributed by atoms with Crippen LogP contribution in [0.1, 0.15) is 6.92 Å². The van der Waals surface area contributed by atoms with Crippen molar-refractivity contribution < 1.29 is 13.8 Å². The quantitative estimate of drug-likeness (QED) is 0.540. The number of carbonyl (C=O) groups is 2. The molecule has 0 bridgehead atoms. The van der Waals surface area contributed by atoms with Crippen molar-refractivity contribution in [2.75, 3.05) is 19.3 Å². The molecular weight excluding hydrogens is 206 g/mol. The zero-order valence-electron chi connectivity index (χ0n) is 8.20. The van der Waals surface area contributed by atoms with E-state index in [9.17, 15) is 13.8 Å². The Labute approximate surface area is 85.1 Å². The highest BCUT2D eigenvalue weighted by Gasteiger charge is 2.20. The summed E-state index contributed by atoms with van der Waals surface area (Å²) in [5, 5.41) is 3.55. The average molecular weight is 221 g/mol. The molecule has 4 N–H and O–H groups in total. The Kier molecular flexibility index (Phi) is 6.06.